The summed E-state index contributed by atoms with van der Waals surface area (Å²) in [5.74, 6) is 0. The molecule has 2 aliphatic rings. The molecule has 1 saturated heterocycles. The van der Waals surface area contributed by atoms with Gasteiger partial charge in [0.1, 0.15) is 0 Å². The molecule has 2 atom stereocenters. The van der Waals surface area contributed by atoms with Crippen molar-refractivity contribution in [2.45, 2.75) is 65.5 Å². The van der Waals surface area contributed by atoms with E-state index in [1.54, 1.807) is 0 Å². The second kappa shape index (κ2) is 10.6. The van der Waals surface area contributed by atoms with Crippen molar-refractivity contribution in [2.75, 3.05) is 26.2 Å². The maximum atomic E-state index is 3.00. The van der Waals surface area contributed by atoms with Gasteiger partial charge in [-0.25, -0.2) is 0 Å². The first-order valence-corrected chi connectivity index (χ1v) is 7.85. The first kappa shape index (κ1) is 17.7. The number of rotatable bonds is 2. The average molecular weight is 254 g/mol. The fourth-order valence-corrected chi connectivity index (χ4v) is 3.32. The third-order valence-corrected chi connectivity index (χ3v) is 4.12. The molecule has 1 aliphatic heterocycles. The highest BCUT2D eigenvalue weighted by Gasteiger charge is 2.36. The Morgan fingerprint density at radius 1 is 0.833 bits per heavy atom. The molecule has 0 aromatic heterocycles. The van der Waals surface area contributed by atoms with Gasteiger partial charge in [0.25, 0.3) is 0 Å². The molecule has 1 unspecified atom stereocenters. The number of hydrogen-bond acceptors (Lipinski definition) is 2. The van der Waals surface area contributed by atoms with E-state index in [1.807, 2.05) is 13.8 Å². The second-order valence-electron chi connectivity index (χ2n) is 4.68. The topological polar surface area (TPSA) is 6.48 Å². The number of piperazine rings is 1. The smallest absolute Gasteiger partial charge is 0.0252 e. The van der Waals surface area contributed by atoms with Crippen molar-refractivity contribution >= 4 is 0 Å². The van der Waals surface area contributed by atoms with Gasteiger partial charge in [-0.15, -0.1) is 13.2 Å². The monoisotopic (exact) mass is 254 g/mol. The minimum Gasteiger partial charge on any atom is -0.298 e. The van der Waals surface area contributed by atoms with E-state index in [9.17, 15) is 0 Å². The fourth-order valence-electron chi connectivity index (χ4n) is 3.32. The summed E-state index contributed by atoms with van der Waals surface area (Å²) in [5, 5.41) is 0. The van der Waals surface area contributed by atoms with Crippen LogP contribution in [0.3, 0.4) is 0 Å². The van der Waals surface area contributed by atoms with Crippen molar-refractivity contribution in [2.24, 2.45) is 0 Å². The van der Waals surface area contributed by atoms with Gasteiger partial charge < -0.3 is 0 Å². The van der Waals surface area contributed by atoms with E-state index in [4.69, 9.17) is 0 Å². The van der Waals surface area contributed by atoms with Crippen LogP contribution < -0.4 is 0 Å². The van der Waals surface area contributed by atoms with E-state index in [2.05, 4.69) is 36.8 Å². The van der Waals surface area contributed by atoms with Gasteiger partial charge in [0, 0.05) is 25.2 Å². The second-order valence-corrected chi connectivity index (χ2v) is 4.68. The maximum absolute atomic E-state index is 3.00. The van der Waals surface area contributed by atoms with E-state index >= 15 is 0 Å². The molecule has 18 heavy (non-hydrogen) atoms. The molecule has 0 radical (unpaired) electrons. The number of likely N-dealkylation sites (N-methyl/N-ethyl adjacent to an activating group) is 2. The molecule has 0 bridgehead atoms. The molecule has 0 spiro atoms. The lowest BCUT2D eigenvalue weighted by Crippen LogP contribution is -2.60. The van der Waals surface area contributed by atoms with Crippen LogP contribution in [0.4, 0.5) is 0 Å². The molecule has 2 rings (SSSR count). The minimum absolute atomic E-state index is 0.877. The summed E-state index contributed by atoms with van der Waals surface area (Å²) in [6.07, 6.45) is 5.79. The molecule has 0 N–H and O–H groups in total. The molecule has 1 heterocycles. The molecule has 2 heteroatoms. The predicted molar refractivity (Wildman–Crippen MR) is 83.1 cm³/mol. The van der Waals surface area contributed by atoms with Crippen LogP contribution in [0.25, 0.3) is 0 Å². The lowest BCUT2D eigenvalue weighted by Gasteiger charge is -2.49. The molecule has 0 amide bonds. The van der Waals surface area contributed by atoms with Crippen molar-refractivity contribution in [1.29, 1.82) is 0 Å². The summed E-state index contributed by atoms with van der Waals surface area (Å²) < 4.78 is 0. The number of fused-ring (bicyclic) bond motifs is 1. The summed E-state index contributed by atoms with van der Waals surface area (Å²) in [7, 11) is 0. The van der Waals surface area contributed by atoms with Gasteiger partial charge in [-0.1, -0.05) is 40.5 Å². The Kier molecular flexibility index (Phi) is 10.4. The third kappa shape index (κ3) is 4.40. The highest BCUT2D eigenvalue weighted by atomic mass is 15.3. The first-order valence-electron chi connectivity index (χ1n) is 7.85. The summed E-state index contributed by atoms with van der Waals surface area (Å²) in [6.45, 7) is 19.7. The zero-order valence-electron chi connectivity index (χ0n) is 13.1. The van der Waals surface area contributed by atoms with Crippen LogP contribution in [-0.4, -0.2) is 48.1 Å². The first-order chi connectivity index (χ1) is 8.86. The number of nitrogens with zero attached hydrogens (tertiary/aromatic N) is 2. The van der Waals surface area contributed by atoms with E-state index in [0.717, 1.165) is 12.1 Å². The van der Waals surface area contributed by atoms with Crippen LogP contribution >= 0.6 is 0 Å². The Bertz CT molecular complexity index is 174. The van der Waals surface area contributed by atoms with E-state index < -0.39 is 0 Å². The van der Waals surface area contributed by atoms with Gasteiger partial charge in [0.05, 0.1) is 0 Å². The normalized spacial score (nSPS) is 28.2. The Balaban J connectivity index is 0.000000659. The van der Waals surface area contributed by atoms with Gasteiger partial charge >= 0.3 is 0 Å². The molecule has 0 aromatic carbocycles. The van der Waals surface area contributed by atoms with Crippen LogP contribution in [-0.2, 0) is 0 Å². The Labute approximate surface area is 115 Å². The van der Waals surface area contributed by atoms with Crippen molar-refractivity contribution in [1.82, 2.24) is 9.80 Å². The summed E-state index contributed by atoms with van der Waals surface area (Å²) in [5.41, 5.74) is 0. The summed E-state index contributed by atoms with van der Waals surface area (Å²) in [6, 6.07) is 1.75. The van der Waals surface area contributed by atoms with Gasteiger partial charge in [-0.3, -0.25) is 9.80 Å². The van der Waals surface area contributed by atoms with Crippen molar-refractivity contribution in [3.63, 3.8) is 0 Å². The van der Waals surface area contributed by atoms with Crippen molar-refractivity contribution < 1.29 is 0 Å². The zero-order chi connectivity index (χ0) is 14.0. The molecular weight excluding hydrogens is 220 g/mol. The Morgan fingerprint density at radius 3 is 1.44 bits per heavy atom. The highest BCUT2D eigenvalue weighted by Crippen LogP contribution is 2.29. The van der Waals surface area contributed by atoms with Crippen LogP contribution in [0.1, 0.15) is 53.4 Å². The lowest BCUT2D eigenvalue weighted by molar-refractivity contribution is 0.00177. The average Bonchev–Trinajstić information content (AvgIpc) is 2.50. The predicted octanol–water partition coefficient (Wildman–Crippen LogP) is 3.78. The molecule has 2 nitrogen and oxygen atoms in total. The molecule has 2 fully saturated rings. The third-order valence-electron chi connectivity index (χ3n) is 4.12. The molecule has 108 valence electrons. The number of hydrogen-bond donors (Lipinski definition) is 0. The largest absolute Gasteiger partial charge is 0.298 e. The Morgan fingerprint density at radius 2 is 1.17 bits per heavy atom. The summed E-state index contributed by atoms with van der Waals surface area (Å²) in [4.78, 5) is 5.41. The molecule has 0 aromatic rings. The minimum atomic E-state index is 0.877. The highest BCUT2D eigenvalue weighted by molar-refractivity contribution is 4.93. The van der Waals surface area contributed by atoms with Crippen LogP contribution in [0.15, 0.2) is 13.2 Å². The van der Waals surface area contributed by atoms with Crippen LogP contribution in [0, 0.1) is 0 Å². The quantitative estimate of drug-likeness (QED) is 0.692. The van der Waals surface area contributed by atoms with Crippen molar-refractivity contribution in [3.05, 3.63) is 13.2 Å². The molecular formula is C16H34N2. The Hall–Kier alpha value is -0.340. The van der Waals surface area contributed by atoms with Crippen molar-refractivity contribution in [3.8, 4) is 0 Å². The van der Waals surface area contributed by atoms with Crippen LogP contribution in [0.5, 0.6) is 0 Å². The van der Waals surface area contributed by atoms with Crippen LogP contribution in [0.2, 0.25) is 0 Å². The van der Waals surface area contributed by atoms with Gasteiger partial charge in [-0.2, -0.15) is 0 Å². The standard InChI is InChI=1S/C12H24N2.C2H6.C2H4/c1-3-13-9-10-14(4-2)12-8-6-5-7-11(12)13;2*1-2/h11-12H,3-10H2,1-2H3;1-2H3;1-2H2/t11-,12?;;/m1../s1. The van der Waals surface area contributed by atoms with Gasteiger partial charge in [0.2, 0.25) is 0 Å². The maximum Gasteiger partial charge on any atom is 0.0252 e. The fraction of sp³-hybridized carbons (Fsp3) is 0.875. The van der Waals surface area contributed by atoms with E-state index in [-0.39, 0.29) is 0 Å². The van der Waals surface area contributed by atoms with Gasteiger partial charge in [-0.05, 0) is 25.9 Å². The summed E-state index contributed by atoms with van der Waals surface area (Å²) >= 11 is 0. The van der Waals surface area contributed by atoms with Gasteiger partial charge in [0.15, 0.2) is 0 Å². The lowest BCUT2D eigenvalue weighted by atomic mass is 9.86. The van der Waals surface area contributed by atoms with E-state index in [1.165, 1.54) is 51.9 Å². The van der Waals surface area contributed by atoms with E-state index in [0.29, 0.717) is 0 Å². The molecule has 1 aliphatic carbocycles. The SMILES string of the molecule is C=C.CC.CCN1CCN(CC)[C@@H]2CCCCC21. The molecule has 1 saturated carbocycles. The zero-order valence-corrected chi connectivity index (χ0v) is 13.1.